The van der Waals surface area contributed by atoms with E-state index in [0.717, 1.165) is 0 Å². The van der Waals surface area contributed by atoms with Gasteiger partial charge in [-0.1, -0.05) is 6.07 Å². The van der Waals surface area contributed by atoms with E-state index in [1.165, 1.54) is 18.6 Å². The monoisotopic (exact) mass is 312 g/mol. The third-order valence-corrected chi connectivity index (χ3v) is 3.78. The van der Waals surface area contributed by atoms with Gasteiger partial charge in [-0.2, -0.15) is 0 Å². The number of nitro benzene ring substituents is 1. The summed E-state index contributed by atoms with van der Waals surface area (Å²) in [6, 6.07) is 4.74. The summed E-state index contributed by atoms with van der Waals surface area (Å²) >= 11 is 0. The SMILES string of the molecule is O=[N+]([O-])c1c(C2OC=CO2)cccc1N1CCC(F)(F)CC1. The van der Waals surface area contributed by atoms with Crippen LogP contribution in [0.25, 0.3) is 0 Å². The molecule has 1 saturated heterocycles. The molecule has 1 aromatic carbocycles. The zero-order valence-electron chi connectivity index (χ0n) is 11.6. The van der Waals surface area contributed by atoms with Crippen molar-refractivity contribution in [2.45, 2.75) is 25.1 Å². The summed E-state index contributed by atoms with van der Waals surface area (Å²) in [4.78, 5) is 12.6. The zero-order chi connectivity index (χ0) is 15.7. The number of benzene rings is 1. The molecular weight excluding hydrogens is 298 g/mol. The minimum atomic E-state index is -2.70. The summed E-state index contributed by atoms with van der Waals surface area (Å²) in [5, 5.41) is 11.5. The number of nitrogens with zero attached hydrogens (tertiary/aromatic N) is 2. The van der Waals surface area contributed by atoms with Crippen molar-refractivity contribution in [2.75, 3.05) is 18.0 Å². The van der Waals surface area contributed by atoms with Crippen LogP contribution in [0.5, 0.6) is 0 Å². The number of hydrogen-bond acceptors (Lipinski definition) is 5. The molecule has 0 amide bonds. The van der Waals surface area contributed by atoms with E-state index in [-0.39, 0.29) is 37.2 Å². The number of anilines is 1. The number of piperidine rings is 1. The minimum Gasteiger partial charge on any atom is -0.455 e. The molecule has 8 heteroatoms. The number of nitro groups is 1. The summed E-state index contributed by atoms with van der Waals surface area (Å²) in [5.74, 6) is -2.70. The predicted octanol–water partition coefficient (Wildman–Crippen LogP) is 3.35. The molecule has 0 atom stereocenters. The van der Waals surface area contributed by atoms with Crippen LogP contribution in [-0.2, 0) is 9.47 Å². The van der Waals surface area contributed by atoms with Crippen molar-refractivity contribution in [1.82, 2.24) is 0 Å². The number of para-hydroxylation sites is 1. The molecule has 0 N–H and O–H groups in total. The standard InChI is InChI=1S/C14H14F2N2O4/c15-14(16)4-6-17(7-5-14)11-3-1-2-10(12(11)18(19)20)13-21-8-9-22-13/h1-3,8-9,13H,4-7H2. The summed E-state index contributed by atoms with van der Waals surface area (Å²) < 4.78 is 36.9. The molecule has 0 unspecified atom stereocenters. The van der Waals surface area contributed by atoms with E-state index in [1.807, 2.05) is 0 Å². The molecule has 118 valence electrons. The molecule has 3 rings (SSSR count). The summed E-state index contributed by atoms with van der Waals surface area (Å²) in [6.07, 6.45) is 1.11. The van der Waals surface area contributed by atoms with Gasteiger partial charge in [-0.25, -0.2) is 8.78 Å². The van der Waals surface area contributed by atoms with E-state index in [2.05, 4.69) is 0 Å². The predicted molar refractivity (Wildman–Crippen MR) is 73.5 cm³/mol. The number of halogens is 2. The second-order valence-electron chi connectivity index (χ2n) is 5.19. The molecule has 0 saturated carbocycles. The fourth-order valence-corrected chi connectivity index (χ4v) is 2.65. The lowest BCUT2D eigenvalue weighted by Crippen LogP contribution is -2.39. The van der Waals surface area contributed by atoms with Gasteiger partial charge in [0, 0.05) is 25.9 Å². The zero-order valence-corrected chi connectivity index (χ0v) is 11.6. The van der Waals surface area contributed by atoms with Gasteiger partial charge in [-0.05, 0) is 12.1 Å². The van der Waals surface area contributed by atoms with Gasteiger partial charge in [-0.3, -0.25) is 10.1 Å². The fraction of sp³-hybridized carbons (Fsp3) is 0.429. The lowest BCUT2D eigenvalue weighted by Gasteiger charge is -2.33. The average Bonchev–Trinajstić information content (AvgIpc) is 3.00. The maximum atomic E-state index is 13.3. The molecule has 1 fully saturated rings. The first-order valence-corrected chi connectivity index (χ1v) is 6.84. The molecule has 0 aromatic heterocycles. The Morgan fingerprint density at radius 2 is 1.86 bits per heavy atom. The number of ether oxygens (including phenoxy) is 2. The Labute approximate surface area is 125 Å². The van der Waals surface area contributed by atoms with Crippen molar-refractivity contribution in [3.63, 3.8) is 0 Å². The van der Waals surface area contributed by atoms with Crippen LogP contribution < -0.4 is 4.90 Å². The summed E-state index contributed by atoms with van der Waals surface area (Å²) in [7, 11) is 0. The third kappa shape index (κ3) is 2.68. The van der Waals surface area contributed by atoms with Crippen molar-refractivity contribution >= 4 is 11.4 Å². The van der Waals surface area contributed by atoms with Crippen LogP contribution in [0.15, 0.2) is 30.7 Å². The Bertz CT molecular complexity index is 603. The topological polar surface area (TPSA) is 64.8 Å². The largest absolute Gasteiger partial charge is 0.455 e. The Kier molecular flexibility index (Phi) is 3.59. The van der Waals surface area contributed by atoms with Gasteiger partial charge >= 0.3 is 5.69 Å². The first kappa shape index (κ1) is 14.6. The smallest absolute Gasteiger partial charge is 0.303 e. The van der Waals surface area contributed by atoms with Gasteiger partial charge in [0.25, 0.3) is 12.2 Å². The van der Waals surface area contributed by atoms with E-state index in [1.54, 1.807) is 17.0 Å². The Morgan fingerprint density at radius 3 is 2.45 bits per heavy atom. The molecule has 2 aliphatic rings. The maximum absolute atomic E-state index is 13.3. The van der Waals surface area contributed by atoms with Gasteiger partial charge in [-0.15, -0.1) is 0 Å². The van der Waals surface area contributed by atoms with Crippen LogP contribution in [0.3, 0.4) is 0 Å². The molecule has 0 bridgehead atoms. The molecule has 2 heterocycles. The van der Waals surface area contributed by atoms with Gasteiger partial charge in [0.05, 0.1) is 4.92 Å². The first-order valence-electron chi connectivity index (χ1n) is 6.84. The highest BCUT2D eigenvalue weighted by molar-refractivity contribution is 5.67. The van der Waals surface area contributed by atoms with E-state index in [9.17, 15) is 18.9 Å². The van der Waals surface area contributed by atoms with E-state index in [0.29, 0.717) is 5.69 Å². The molecule has 22 heavy (non-hydrogen) atoms. The van der Waals surface area contributed by atoms with Gasteiger partial charge in [0.15, 0.2) is 0 Å². The summed E-state index contributed by atoms with van der Waals surface area (Å²) in [5.41, 5.74) is 0.420. The highest BCUT2D eigenvalue weighted by Gasteiger charge is 2.37. The Hall–Kier alpha value is -2.38. The molecule has 2 aliphatic heterocycles. The molecule has 0 spiro atoms. The quantitative estimate of drug-likeness (QED) is 0.632. The van der Waals surface area contributed by atoms with Crippen LogP contribution in [0, 0.1) is 10.1 Å². The lowest BCUT2D eigenvalue weighted by molar-refractivity contribution is -0.386. The van der Waals surface area contributed by atoms with Crippen molar-refractivity contribution in [3.05, 3.63) is 46.4 Å². The number of rotatable bonds is 3. The van der Waals surface area contributed by atoms with Gasteiger partial charge in [0.2, 0.25) is 0 Å². The van der Waals surface area contributed by atoms with Crippen molar-refractivity contribution in [2.24, 2.45) is 0 Å². The second-order valence-corrected chi connectivity index (χ2v) is 5.19. The fourth-order valence-electron chi connectivity index (χ4n) is 2.65. The van der Waals surface area contributed by atoms with Crippen LogP contribution in [0.2, 0.25) is 0 Å². The van der Waals surface area contributed by atoms with Gasteiger partial charge < -0.3 is 14.4 Å². The van der Waals surface area contributed by atoms with Crippen LogP contribution in [-0.4, -0.2) is 23.9 Å². The van der Waals surface area contributed by atoms with Crippen molar-refractivity contribution in [3.8, 4) is 0 Å². The van der Waals surface area contributed by atoms with Crippen LogP contribution in [0.1, 0.15) is 24.7 Å². The number of alkyl halides is 2. The first-order chi connectivity index (χ1) is 10.5. The van der Waals surface area contributed by atoms with Crippen LogP contribution >= 0.6 is 0 Å². The molecule has 0 radical (unpaired) electrons. The van der Waals surface area contributed by atoms with E-state index >= 15 is 0 Å². The van der Waals surface area contributed by atoms with E-state index in [4.69, 9.17) is 9.47 Å². The van der Waals surface area contributed by atoms with Crippen molar-refractivity contribution < 1.29 is 23.2 Å². The molecular formula is C14H14F2N2O4. The van der Waals surface area contributed by atoms with Gasteiger partial charge in [0.1, 0.15) is 23.8 Å². The second kappa shape index (κ2) is 5.43. The molecule has 1 aromatic rings. The lowest BCUT2D eigenvalue weighted by atomic mass is 10.0. The normalized spacial score (nSPS) is 20.5. The molecule has 6 nitrogen and oxygen atoms in total. The Morgan fingerprint density at radius 1 is 1.23 bits per heavy atom. The molecule has 0 aliphatic carbocycles. The van der Waals surface area contributed by atoms with Crippen LogP contribution in [0.4, 0.5) is 20.2 Å². The minimum absolute atomic E-state index is 0.0714. The third-order valence-electron chi connectivity index (χ3n) is 3.78. The van der Waals surface area contributed by atoms with E-state index < -0.39 is 17.1 Å². The maximum Gasteiger partial charge on any atom is 0.303 e. The van der Waals surface area contributed by atoms with Crippen molar-refractivity contribution in [1.29, 1.82) is 0 Å². The Balaban J connectivity index is 1.94. The highest BCUT2D eigenvalue weighted by atomic mass is 19.3. The summed E-state index contributed by atoms with van der Waals surface area (Å²) in [6.45, 7) is 0.143. The average molecular weight is 312 g/mol. The number of hydrogen-bond donors (Lipinski definition) is 0. The highest BCUT2D eigenvalue weighted by Crippen LogP contribution is 2.40.